The molecule has 0 aliphatic carbocycles. The molecular weight excluding hydrogens is 300 g/mol. The standard InChI is InChI=1S/C17H15F2N3O/c1-10-3-6-15-13(7-10)16(21-20-15)17(23)22(2)9-11-4-5-12(18)8-14(11)19/h3-8H,9H2,1-2H3,(H,20,21). The first-order valence-electron chi connectivity index (χ1n) is 7.10. The van der Waals surface area contributed by atoms with Crippen LogP contribution in [0.25, 0.3) is 10.9 Å². The van der Waals surface area contributed by atoms with E-state index in [1.165, 1.54) is 17.0 Å². The number of carbonyl (C=O) groups excluding carboxylic acids is 1. The maximum atomic E-state index is 13.7. The summed E-state index contributed by atoms with van der Waals surface area (Å²) in [5, 5.41) is 7.60. The fourth-order valence-electron chi connectivity index (χ4n) is 2.45. The average Bonchev–Trinajstić information content (AvgIpc) is 2.92. The van der Waals surface area contributed by atoms with Gasteiger partial charge >= 0.3 is 0 Å². The Hall–Kier alpha value is -2.76. The lowest BCUT2D eigenvalue weighted by molar-refractivity contribution is 0.0780. The fourth-order valence-corrected chi connectivity index (χ4v) is 2.45. The van der Waals surface area contributed by atoms with Crippen LogP contribution in [0.1, 0.15) is 21.6 Å². The van der Waals surface area contributed by atoms with E-state index in [9.17, 15) is 13.6 Å². The zero-order valence-electron chi connectivity index (χ0n) is 12.7. The summed E-state index contributed by atoms with van der Waals surface area (Å²) in [5.41, 5.74) is 2.31. The highest BCUT2D eigenvalue weighted by atomic mass is 19.1. The molecule has 1 heterocycles. The number of benzene rings is 2. The van der Waals surface area contributed by atoms with Crippen LogP contribution < -0.4 is 0 Å². The minimum atomic E-state index is -0.674. The third-order valence-corrected chi connectivity index (χ3v) is 3.69. The summed E-state index contributed by atoms with van der Waals surface area (Å²) in [7, 11) is 1.56. The topological polar surface area (TPSA) is 49.0 Å². The summed E-state index contributed by atoms with van der Waals surface area (Å²) in [5.74, 6) is -1.65. The predicted molar refractivity (Wildman–Crippen MR) is 83.0 cm³/mol. The van der Waals surface area contributed by atoms with Crippen LogP contribution in [0.15, 0.2) is 36.4 Å². The van der Waals surface area contributed by atoms with Crippen molar-refractivity contribution < 1.29 is 13.6 Å². The first kappa shape index (κ1) is 15.1. The monoisotopic (exact) mass is 315 g/mol. The van der Waals surface area contributed by atoms with Gasteiger partial charge in [0.25, 0.3) is 5.91 Å². The van der Waals surface area contributed by atoms with E-state index in [4.69, 9.17) is 0 Å². The number of nitrogens with zero attached hydrogens (tertiary/aromatic N) is 2. The fraction of sp³-hybridized carbons (Fsp3) is 0.176. The minimum absolute atomic E-state index is 0.0329. The Morgan fingerprint density at radius 3 is 2.74 bits per heavy atom. The Morgan fingerprint density at radius 1 is 1.22 bits per heavy atom. The second-order valence-corrected chi connectivity index (χ2v) is 5.52. The average molecular weight is 315 g/mol. The third-order valence-electron chi connectivity index (χ3n) is 3.69. The number of H-pyrrole nitrogens is 1. The zero-order chi connectivity index (χ0) is 16.6. The third kappa shape index (κ3) is 2.92. The van der Waals surface area contributed by atoms with E-state index in [1.54, 1.807) is 7.05 Å². The number of halogens is 2. The number of aromatic nitrogens is 2. The van der Waals surface area contributed by atoms with Crippen LogP contribution in [-0.2, 0) is 6.54 Å². The molecule has 0 saturated heterocycles. The van der Waals surface area contributed by atoms with Gasteiger partial charge in [0.05, 0.1) is 5.52 Å². The summed E-state index contributed by atoms with van der Waals surface area (Å²) in [6.07, 6.45) is 0. The number of rotatable bonds is 3. The molecule has 2 aromatic carbocycles. The first-order chi connectivity index (χ1) is 11.0. The highest BCUT2D eigenvalue weighted by Gasteiger charge is 2.19. The van der Waals surface area contributed by atoms with Crippen molar-refractivity contribution in [2.75, 3.05) is 7.05 Å². The van der Waals surface area contributed by atoms with Gasteiger partial charge in [0.15, 0.2) is 5.69 Å². The van der Waals surface area contributed by atoms with Gasteiger partial charge in [0, 0.05) is 30.6 Å². The molecule has 0 aliphatic heterocycles. The number of amides is 1. The van der Waals surface area contributed by atoms with Gasteiger partial charge in [0.2, 0.25) is 0 Å². The van der Waals surface area contributed by atoms with Crippen molar-refractivity contribution in [1.29, 1.82) is 0 Å². The van der Waals surface area contributed by atoms with Crippen molar-refractivity contribution in [2.45, 2.75) is 13.5 Å². The maximum absolute atomic E-state index is 13.7. The summed E-state index contributed by atoms with van der Waals surface area (Å²) >= 11 is 0. The summed E-state index contributed by atoms with van der Waals surface area (Å²) in [6, 6.07) is 8.96. The van der Waals surface area contributed by atoms with Crippen LogP contribution in [0.5, 0.6) is 0 Å². The zero-order valence-corrected chi connectivity index (χ0v) is 12.7. The molecule has 0 unspecified atom stereocenters. The second-order valence-electron chi connectivity index (χ2n) is 5.52. The molecule has 23 heavy (non-hydrogen) atoms. The van der Waals surface area contributed by atoms with E-state index >= 15 is 0 Å². The van der Waals surface area contributed by atoms with E-state index in [2.05, 4.69) is 10.2 Å². The van der Waals surface area contributed by atoms with Gasteiger partial charge < -0.3 is 4.90 Å². The number of carbonyl (C=O) groups is 1. The van der Waals surface area contributed by atoms with E-state index in [1.807, 2.05) is 25.1 Å². The van der Waals surface area contributed by atoms with Gasteiger partial charge in [-0.2, -0.15) is 5.10 Å². The van der Waals surface area contributed by atoms with E-state index < -0.39 is 11.6 Å². The molecule has 1 N–H and O–H groups in total. The van der Waals surface area contributed by atoms with E-state index in [-0.39, 0.29) is 23.7 Å². The van der Waals surface area contributed by atoms with Crippen molar-refractivity contribution in [1.82, 2.24) is 15.1 Å². The Balaban J connectivity index is 1.88. The predicted octanol–water partition coefficient (Wildman–Crippen LogP) is 3.42. The lowest BCUT2D eigenvalue weighted by Crippen LogP contribution is -2.27. The van der Waals surface area contributed by atoms with Crippen LogP contribution >= 0.6 is 0 Å². The van der Waals surface area contributed by atoms with Gasteiger partial charge in [-0.3, -0.25) is 9.89 Å². The largest absolute Gasteiger partial charge is 0.336 e. The Morgan fingerprint density at radius 2 is 2.00 bits per heavy atom. The Labute approximate surface area is 131 Å². The van der Waals surface area contributed by atoms with E-state index in [0.717, 1.165) is 22.5 Å². The summed E-state index contributed by atoms with van der Waals surface area (Å²) in [4.78, 5) is 13.9. The molecule has 3 aromatic rings. The number of aromatic amines is 1. The van der Waals surface area contributed by atoms with Gasteiger partial charge in [0.1, 0.15) is 11.6 Å². The van der Waals surface area contributed by atoms with Gasteiger partial charge in [-0.15, -0.1) is 0 Å². The van der Waals surface area contributed by atoms with Crippen LogP contribution in [0.2, 0.25) is 0 Å². The lowest BCUT2D eigenvalue weighted by Gasteiger charge is -2.16. The van der Waals surface area contributed by atoms with Crippen molar-refractivity contribution in [3.05, 3.63) is 64.9 Å². The van der Waals surface area contributed by atoms with Crippen LogP contribution in [0.4, 0.5) is 8.78 Å². The molecule has 0 aliphatic rings. The highest BCUT2D eigenvalue weighted by Crippen LogP contribution is 2.20. The van der Waals surface area contributed by atoms with E-state index in [0.29, 0.717) is 0 Å². The summed E-state index contributed by atoms with van der Waals surface area (Å²) in [6.45, 7) is 1.96. The molecule has 1 aromatic heterocycles. The van der Waals surface area contributed by atoms with Crippen molar-refractivity contribution in [3.8, 4) is 0 Å². The highest BCUT2D eigenvalue weighted by molar-refractivity contribution is 6.04. The van der Waals surface area contributed by atoms with Crippen molar-refractivity contribution in [2.24, 2.45) is 0 Å². The quantitative estimate of drug-likeness (QED) is 0.805. The lowest BCUT2D eigenvalue weighted by atomic mass is 10.1. The molecule has 4 nitrogen and oxygen atoms in total. The number of fused-ring (bicyclic) bond motifs is 1. The molecule has 0 atom stereocenters. The molecular formula is C17H15F2N3O. The number of hydrogen-bond donors (Lipinski definition) is 1. The summed E-state index contributed by atoms with van der Waals surface area (Å²) < 4.78 is 26.7. The molecule has 1 amide bonds. The molecule has 118 valence electrons. The van der Waals surface area contributed by atoms with Crippen LogP contribution in [0, 0.1) is 18.6 Å². The maximum Gasteiger partial charge on any atom is 0.275 e. The molecule has 3 rings (SSSR count). The van der Waals surface area contributed by atoms with Crippen LogP contribution in [0.3, 0.4) is 0 Å². The second kappa shape index (κ2) is 5.79. The SMILES string of the molecule is Cc1ccc2[nH]nc(C(=O)N(C)Cc3ccc(F)cc3F)c2c1. The van der Waals surface area contributed by atoms with Gasteiger partial charge in [-0.05, 0) is 25.1 Å². The number of nitrogens with one attached hydrogen (secondary N) is 1. The molecule has 0 radical (unpaired) electrons. The molecule has 0 fully saturated rings. The number of hydrogen-bond acceptors (Lipinski definition) is 2. The number of aryl methyl sites for hydroxylation is 1. The minimum Gasteiger partial charge on any atom is -0.336 e. The molecule has 0 spiro atoms. The van der Waals surface area contributed by atoms with Gasteiger partial charge in [-0.1, -0.05) is 17.7 Å². The van der Waals surface area contributed by atoms with Crippen molar-refractivity contribution >= 4 is 16.8 Å². The smallest absolute Gasteiger partial charge is 0.275 e. The Bertz CT molecular complexity index is 889. The molecule has 6 heteroatoms. The first-order valence-corrected chi connectivity index (χ1v) is 7.10. The molecule has 0 saturated carbocycles. The molecule has 0 bridgehead atoms. The van der Waals surface area contributed by atoms with Gasteiger partial charge in [-0.25, -0.2) is 8.78 Å². The van der Waals surface area contributed by atoms with Crippen molar-refractivity contribution in [3.63, 3.8) is 0 Å². The Kier molecular flexibility index (Phi) is 3.82. The normalized spacial score (nSPS) is 11.0. The van der Waals surface area contributed by atoms with Crippen LogP contribution in [-0.4, -0.2) is 28.1 Å².